The monoisotopic (exact) mass is 461 g/mol. The number of nitrogen functional groups attached to an aromatic ring is 1. The Kier molecular flexibility index (Phi) is 6.70. The molecule has 9 heteroatoms. The maximum Gasteiger partial charge on any atom is 0.246 e. The average Bonchev–Trinajstić information content (AvgIpc) is 3.49. The first-order chi connectivity index (χ1) is 16.5. The fourth-order valence-electron chi connectivity index (χ4n) is 4.15. The van der Waals surface area contributed by atoms with E-state index in [1.807, 2.05) is 16.8 Å². The van der Waals surface area contributed by atoms with Crippen LogP contribution in [0.2, 0.25) is 0 Å². The van der Waals surface area contributed by atoms with Crippen molar-refractivity contribution in [2.75, 3.05) is 40.2 Å². The van der Waals surface area contributed by atoms with E-state index in [4.69, 9.17) is 25.0 Å². The molecule has 0 bridgehead atoms. The lowest BCUT2D eigenvalue weighted by atomic mass is 10.1. The first kappa shape index (κ1) is 23.1. The third kappa shape index (κ3) is 4.40. The number of nitrogens with two attached hydrogens (primary N) is 1. The summed E-state index contributed by atoms with van der Waals surface area (Å²) < 4.78 is 18.0. The molecule has 1 aromatic carbocycles. The molecule has 0 saturated carbocycles. The van der Waals surface area contributed by atoms with Gasteiger partial charge in [-0.05, 0) is 30.6 Å². The van der Waals surface area contributed by atoms with Gasteiger partial charge in [0.05, 0.1) is 37.8 Å². The van der Waals surface area contributed by atoms with Crippen LogP contribution < -0.4 is 15.2 Å². The van der Waals surface area contributed by atoms with E-state index >= 15 is 0 Å². The number of amides is 1. The summed E-state index contributed by atoms with van der Waals surface area (Å²) >= 11 is 0. The Morgan fingerprint density at radius 1 is 1.24 bits per heavy atom. The van der Waals surface area contributed by atoms with Crippen molar-refractivity contribution in [3.05, 3.63) is 53.9 Å². The van der Waals surface area contributed by atoms with Crippen molar-refractivity contribution >= 4 is 22.6 Å². The highest BCUT2D eigenvalue weighted by molar-refractivity contribution is 5.95. The summed E-state index contributed by atoms with van der Waals surface area (Å²) in [7, 11) is 4.81. The Hall–Kier alpha value is -4.03. The number of rotatable bonds is 6. The van der Waals surface area contributed by atoms with Gasteiger partial charge >= 0.3 is 0 Å². The molecule has 9 nitrogen and oxygen atoms in total. The van der Waals surface area contributed by atoms with Crippen LogP contribution in [-0.2, 0) is 16.1 Å². The normalized spacial score (nSPS) is 15.1. The van der Waals surface area contributed by atoms with E-state index in [1.54, 1.807) is 38.5 Å². The van der Waals surface area contributed by atoms with Gasteiger partial charge in [-0.2, -0.15) is 5.10 Å². The van der Waals surface area contributed by atoms with Crippen LogP contribution in [0.25, 0.3) is 10.9 Å². The number of nitrogens with zero attached hydrogens (tertiary/aromatic N) is 4. The molecule has 0 spiro atoms. The van der Waals surface area contributed by atoms with Crippen LogP contribution in [0, 0.1) is 11.8 Å². The summed E-state index contributed by atoms with van der Waals surface area (Å²) in [5.41, 5.74) is 9.19. The van der Waals surface area contributed by atoms with Crippen molar-refractivity contribution in [2.45, 2.75) is 19.1 Å². The molecule has 2 N–H and O–H groups in total. The van der Waals surface area contributed by atoms with Gasteiger partial charge in [-0.15, -0.1) is 0 Å². The van der Waals surface area contributed by atoms with Crippen LogP contribution in [-0.4, -0.2) is 60.0 Å². The molecule has 1 fully saturated rings. The molecule has 1 aliphatic rings. The van der Waals surface area contributed by atoms with Crippen LogP contribution in [0.3, 0.4) is 0 Å². The predicted molar refractivity (Wildman–Crippen MR) is 129 cm³/mol. The van der Waals surface area contributed by atoms with Crippen molar-refractivity contribution in [2.24, 2.45) is 0 Å². The van der Waals surface area contributed by atoms with Gasteiger partial charge in [0.2, 0.25) is 5.91 Å². The number of anilines is 1. The predicted octanol–water partition coefficient (Wildman–Crippen LogP) is 2.54. The molecule has 3 heterocycles. The molecule has 176 valence electrons. The lowest BCUT2D eigenvalue weighted by Crippen LogP contribution is -2.27. The van der Waals surface area contributed by atoms with Crippen molar-refractivity contribution < 1.29 is 19.0 Å². The maximum atomic E-state index is 12.1. The quantitative estimate of drug-likeness (QED) is 0.444. The van der Waals surface area contributed by atoms with Crippen molar-refractivity contribution in [1.29, 1.82) is 0 Å². The molecule has 4 rings (SSSR count). The standard InChI is InChI=1S/C25H27N5O4/c1-5-22(31)29-9-8-18(14-29)30-24-17(15-32-2)13-27-25(26)23(24)21(28-30)7-6-16-10-19(33-3)12-20(11-16)34-4/h5,10-13,18H,1,8-9,14-15H2,2-4H3,(H2,26,27)/t18-/m0/s1. The summed E-state index contributed by atoms with van der Waals surface area (Å²) in [6, 6.07) is 5.39. The number of carbonyl (C=O) groups is 1. The molecule has 34 heavy (non-hydrogen) atoms. The van der Waals surface area contributed by atoms with Crippen molar-refractivity contribution in [3.8, 4) is 23.3 Å². The molecule has 2 aromatic heterocycles. The lowest BCUT2D eigenvalue weighted by Gasteiger charge is -2.16. The zero-order valence-corrected chi connectivity index (χ0v) is 19.5. The van der Waals surface area contributed by atoms with Crippen LogP contribution in [0.15, 0.2) is 37.1 Å². The molecule has 3 aromatic rings. The second kappa shape index (κ2) is 9.85. The fourth-order valence-corrected chi connectivity index (χ4v) is 4.15. The molecule has 0 unspecified atom stereocenters. The number of carbonyl (C=O) groups excluding carboxylic acids is 1. The Morgan fingerprint density at radius 3 is 2.62 bits per heavy atom. The van der Waals surface area contributed by atoms with Gasteiger partial charge in [-0.25, -0.2) is 4.98 Å². The second-order valence-corrected chi connectivity index (χ2v) is 7.90. The number of aromatic nitrogens is 3. The van der Waals surface area contributed by atoms with E-state index in [2.05, 4.69) is 23.4 Å². The van der Waals surface area contributed by atoms with E-state index in [1.165, 1.54) is 6.08 Å². The topological polar surface area (TPSA) is 105 Å². The van der Waals surface area contributed by atoms with Crippen LogP contribution >= 0.6 is 0 Å². The number of fused-ring (bicyclic) bond motifs is 1. The van der Waals surface area contributed by atoms with Gasteiger partial charge in [-0.1, -0.05) is 12.5 Å². The van der Waals surface area contributed by atoms with Gasteiger partial charge in [-0.3, -0.25) is 9.48 Å². The highest BCUT2D eigenvalue weighted by atomic mass is 16.5. The summed E-state index contributed by atoms with van der Waals surface area (Å²) in [5.74, 6) is 7.82. The van der Waals surface area contributed by atoms with Gasteiger partial charge in [0.1, 0.15) is 23.0 Å². The van der Waals surface area contributed by atoms with E-state index < -0.39 is 0 Å². The summed E-state index contributed by atoms with van der Waals surface area (Å²) in [6.07, 6.45) is 3.79. The number of likely N-dealkylation sites (tertiary alicyclic amines) is 1. The van der Waals surface area contributed by atoms with Gasteiger partial charge < -0.3 is 24.8 Å². The molecule has 1 saturated heterocycles. The number of hydrogen-bond donors (Lipinski definition) is 1. The SMILES string of the molecule is C=CC(=O)N1CC[C@H](n2nc(C#Cc3cc(OC)cc(OC)c3)c3c(N)ncc(COC)c32)C1. The number of benzene rings is 1. The minimum Gasteiger partial charge on any atom is -0.497 e. The Balaban J connectivity index is 1.83. The van der Waals surface area contributed by atoms with Crippen molar-refractivity contribution in [1.82, 2.24) is 19.7 Å². The molecule has 0 aliphatic carbocycles. The molecular weight excluding hydrogens is 434 g/mol. The van der Waals surface area contributed by atoms with Crippen LogP contribution in [0.5, 0.6) is 11.5 Å². The van der Waals surface area contributed by atoms with Crippen molar-refractivity contribution in [3.63, 3.8) is 0 Å². The van der Waals surface area contributed by atoms with Gasteiger partial charge in [0.25, 0.3) is 0 Å². The highest BCUT2D eigenvalue weighted by Crippen LogP contribution is 2.32. The number of methoxy groups -OCH3 is 3. The fraction of sp³-hybridized carbons (Fsp3) is 0.320. The minimum atomic E-state index is -0.0933. The summed E-state index contributed by atoms with van der Waals surface area (Å²) in [5, 5.41) is 5.51. The average molecular weight is 462 g/mol. The Morgan fingerprint density at radius 2 is 1.97 bits per heavy atom. The highest BCUT2D eigenvalue weighted by Gasteiger charge is 2.30. The smallest absolute Gasteiger partial charge is 0.246 e. The first-order valence-corrected chi connectivity index (χ1v) is 10.8. The largest absolute Gasteiger partial charge is 0.497 e. The number of hydrogen-bond acceptors (Lipinski definition) is 7. The minimum absolute atomic E-state index is 0.0312. The summed E-state index contributed by atoms with van der Waals surface area (Å²) in [6.45, 7) is 5.09. The molecule has 1 amide bonds. The molecule has 1 aliphatic heterocycles. The zero-order valence-electron chi connectivity index (χ0n) is 19.5. The van der Waals surface area contributed by atoms with E-state index in [-0.39, 0.29) is 11.9 Å². The molecular formula is C25H27N5O4. The molecule has 1 atom stereocenters. The number of ether oxygens (including phenoxy) is 3. The molecule has 0 radical (unpaired) electrons. The number of pyridine rings is 1. The Bertz CT molecular complexity index is 1280. The zero-order chi connectivity index (χ0) is 24.2. The van der Waals surface area contributed by atoms with E-state index in [0.29, 0.717) is 53.7 Å². The second-order valence-electron chi connectivity index (χ2n) is 7.90. The third-order valence-electron chi connectivity index (χ3n) is 5.80. The summed E-state index contributed by atoms with van der Waals surface area (Å²) in [4.78, 5) is 18.2. The van der Waals surface area contributed by atoms with Crippen LogP contribution in [0.1, 0.15) is 29.3 Å². The van der Waals surface area contributed by atoms with E-state index in [9.17, 15) is 4.79 Å². The third-order valence-corrected chi connectivity index (χ3v) is 5.80. The maximum absolute atomic E-state index is 12.1. The van der Waals surface area contributed by atoms with Gasteiger partial charge in [0, 0.05) is 43.6 Å². The Labute approximate surface area is 198 Å². The van der Waals surface area contributed by atoms with Gasteiger partial charge in [0.15, 0.2) is 0 Å². The first-order valence-electron chi connectivity index (χ1n) is 10.8. The lowest BCUT2D eigenvalue weighted by molar-refractivity contribution is -0.125. The van der Waals surface area contributed by atoms with Crippen LogP contribution in [0.4, 0.5) is 5.82 Å². The van der Waals surface area contributed by atoms with E-state index in [0.717, 1.165) is 17.5 Å².